The normalized spacial score (nSPS) is 10.2. The van der Waals surface area contributed by atoms with Gasteiger partial charge in [-0.1, -0.05) is 0 Å². The highest BCUT2D eigenvalue weighted by Gasteiger charge is 2.05. The van der Waals surface area contributed by atoms with Gasteiger partial charge in [0, 0.05) is 20.4 Å². The number of anilines is 1. The lowest BCUT2D eigenvalue weighted by molar-refractivity contribution is 1.09. The van der Waals surface area contributed by atoms with Gasteiger partial charge >= 0.3 is 0 Å². The number of nitrogen functional groups attached to an aromatic ring is 1. The zero-order chi connectivity index (χ0) is 8.59. The molecule has 0 atom stereocenters. The van der Waals surface area contributed by atoms with Crippen molar-refractivity contribution >= 4 is 43.6 Å². The summed E-state index contributed by atoms with van der Waals surface area (Å²) in [7, 11) is 0. The topological polar surface area (TPSA) is 26.0 Å². The highest BCUT2D eigenvalue weighted by Crippen LogP contribution is 2.32. The van der Waals surface area contributed by atoms with E-state index in [9.17, 15) is 0 Å². The lowest BCUT2D eigenvalue weighted by Crippen LogP contribution is -1.92. The highest BCUT2D eigenvalue weighted by atomic mass is 32.1. The van der Waals surface area contributed by atoms with Crippen LogP contribution in [0.25, 0.3) is 0 Å². The second kappa shape index (κ2) is 3.21. The van der Waals surface area contributed by atoms with Gasteiger partial charge in [0.25, 0.3) is 0 Å². The van der Waals surface area contributed by atoms with Gasteiger partial charge in [-0.15, -0.1) is 37.9 Å². The zero-order valence-electron chi connectivity index (χ0n) is 6.00. The van der Waals surface area contributed by atoms with Crippen molar-refractivity contribution < 1.29 is 0 Å². The summed E-state index contributed by atoms with van der Waals surface area (Å²) in [6.45, 7) is 1.91. The molecule has 0 aliphatic heterocycles. The van der Waals surface area contributed by atoms with Gasteiger partial charge in [0.2, 0.25) is 0 Å². The monoisotopic (exact) mass is 203 g/mol. The van der Waals surface area contributed by atoms with Crippen molar-refractivity contribution in [2.75, 3.05) is 5.73 Å². The van der Waals surface area contributed by atoms with Crippen LogP contribution >= 0.6 is 37.9 Å². The second-order valence-electron chi connectivity index (χ2n) is 2.31. The van der Waals surface area contributed by atoms with Gasteiger partial charge < -0.3 is 5.73 Å². The van der Waals surface area contributed by atoms with Gasteiger partial charge in [-0.2, -0.15) is 0 Å². The number of hydrogen-bond donors (Lipinski definition) is 4. The molecule has 0 aliphatic carbocycles. The number of thiol groups is 3. The molecule has 1 aromatic rings. The Morgan fingerprint density at radius 2 is 1.73 bits per heavy atom. The van der Waals surface area contributed by atoms with E-state index in [-0.39, 0.29) is 0 Å². The molecule has 4 heteroatoms. The summed E-state index contributed by atoms with van der Waals surface area (Å²) in [5.74, 6) is 0. The maximum atomic E-state index is 5.66. The summed E-state index contributed by atoms with van der Waals surface area (Å²) in [6.07, 6.45) is 0. The summed E-state index contributed by atoms with van der Waals surface area (Å²) in [6, 6.07) is 1.78. The van der Waals surface area contributed by atoms with Gasteiger partial charge in [-0.3, -0.25) is 0 Å². The van der Waals surface area contributed by atoms with E-state index in [0.717, 1.165) is 20.2 Å². The van der Waals surface area contributed by atoms with Crippen LogP contribution in [0.5, 0.6) is 0 Å². The molecular formula is C7H9NS3. The van der Waals surface area contributed by atoms with Crippen LogP contribution in [0.1, 0.15) is 5.56 Å². The van der Waals surface area contributed by atoms with E-state index in [1.807, 2.05) is 6.92 Å². The van der Waals surface area contributed by atoms with Crippen molar-refractivity contribution in [3.8, 4) is 0 Å². The number of rotatable bonds is 0. The van der Waals surface area contributed by atoms with Crippen LogP contribution in [0.3, 0.4) is 0 Å². The minimum Gasteiger partial charge on any atom is -0.398 e. The van der Waals surface area contributed by atoms with Crippen LogP contribution in [0.4, 0.5) is 5.69 Å². The predicted octanol–water partition coefficient (Wildman–Crippen LogP) is 2.44. The first-order valence-corrected chi connectivity index (χ1v) is 4.38. The summed E-state index contributed by atoms with van der Waals surface area (Å²) in [5.41, 5.74) is 7.32. The lowest BCUT2D eigenvalue weighted by atomic mass is 10.2. The first-order valence-electron chi connectivity index (χ1n) is 3.04. The Balaban J connectivity index is 3.46. The van der Waals surface area contributed by atoms with Crippen molar-refractivity contribution in [2.45, 2.75) is 21.6 Å². The molecule has 0 amide bonds. The number of hydrogen-bond acceptors (Lipinski definition) is 4. The standard InChI is InChI=1S/C7H9NS3/c1-3-4(8)2-5(9)7(11)6(3)10/h2,9-11H,8H2,1H3. The van der Waals surface area contributed by atoms with E-state index in [1.54, 1.807) is 6.07 Å². The fraction of sp³-hybridized carbons (Fsp3) is 0.143. The number of nitrogens with two attached hydrogens (primary N) is 1. The van der Waals surface area contributed by atoms with Gasteiger partial charge in [0.15, 0.2) is 0 Å². The maximum Gasteiger partial charge on any atom is 0.0366 e. The Labute approximate surface area is 82.6 Å². The van der Waals surface area contributed by atoms with Gasteiger partial charge in [-0.25, -0.2) is 0 Å². The zero-order valence-corrected chi connectivity index (χ0v) is 8.68. The van der Waals surface area contributed by atoms with Crippen molar-refractivity contribution in [1.82, 2.24) is 0 Å². The third kappa shape index (κ3) is 1.63. The molecule has 0 saturated heterocycles. The van der Waals surface area contributed by atoms with Crippen LogP contribution in [0.15, 0.2) is 20.8 Å². The van der Waals surface area contributed by atoms with Crippen LogP contribution in [0.2, 0.25) is 0 Å². The molecule has 1 nitrogen and oxygen atoms in total. The molecule has 11 heavy (non-hydrogen) atoms. The van der Waals surface area contributed by atoms with Gasteiger partial charge in [-0.05, 0) is 18.6 Å². The van der Waals surface area contributed by atoms with Crippen molar-refractivity contribution in [3.63, 3.8) is 0 Å². The van der Waals surface area contributed by atoms with E-state index in [1.165, 1.54) is 0 Å². The Kier molecular flexibility index (Phi) is 2.67. The first kappa shape index (κ1) is 9.16. The minimum atomic E-state index is 0.706. The molecule has 60 valence electrons. The molecular weight excluding hydrogens is 194 g/mol. The van der Waals surface area contributed by atoms with Crippen molar-refractivity contribution in [3.05, 3.63) is 11.6 Å². The molecule has 0 unspecified atom stereocenters. The second-order valence-corrected chi connectivity index (χ2v) is 3.68. The molecule has 1 aromatic carbocycles. The molecule has 0 aliphatic rings. The Bertz CT molecular complexity index is 270. The van der Waals surface area contributed by atoms with Crippen LogP contribution in [-0.4, -0.2) is 0 Å². The maximum absolute atomic E-state index is 5.66. The molecule has 1 rings (SSSR count). The molecule has 0 aromatic heterocycles. The molecule has 0 heterocycles. The SMILES string of the molecule is Cc1c(N)cc(S)c(S)c1S. The molecule has 0 bridgehead atoms. The Morgan fingerprint density at radius 1 is 1.18 bits per heavy atom. The Hall–Kier alpha value is 0.0700. The predicted molar refractivity (Wildman–Crippen MR) is 57.3 cm³/mol. The molecule has 0 fully saturated rings. The van der Waals surface area contributed by atoms with Gasteiger partial charge in [0.05, 0.1) is 0 Å². The van der Waals surface area contributed by atoms with Crippen molar-refractivity contribution in [1.29, 1.82) is 0 Å². The highest BCUT2D eigenvalue weighted by molar-refractivity contribution is 7.85. The first-order chi connectivity index (χ1) is 5.04. The summed E-state index contributed by atoms with van der Waals surface area (Å²) in [5, 5.41) is 0. The van der Waals surface area contributed by atoms with Crippen LogP contribution in [-0.2, 0) is 0 Å². The van der Waals surface area contributed by atoms with E-state index in [4.69, 9.17) is 5.73 Å². The quantitative estimate of drug-likeness (QED) is 0.378. The summed E-state index contributed by atoms with van der Waals surface area (Å²) < 4.78 is 0. The average molecular weight is 203 g/mol. The summed E-state index contributed by atoms with van der Waals surface area (Å²) >= 11 is 12.6. The lowest BCUT2D eigenvalue weighted by Gasteiger charge is -2.08. The minimum absolute atomic E-state index is 0.706. The fourth-order valence-electron chi connectivity index (χ4n) is 0.760. The van der Waals surface area contributed by atoms with E-state index in [2.05, 4.69) is 37.9 Å². The third-order valence-electron chi connectivity index (χ3n) is 1.55. The summed E-state index contributed by atoms with van der Waals surface area (Å²) in [4.78, 5) is 2.35. The van der Waals surface area contributed by atoms with Crippen molar-refractivity contribution in [2.24, 2.45) is 0 Å². The molecule has 0 radical (unpaired) electrons. The third-order valence-corrected chi connectivity index (χ3v) is 3.28. The molecule has 2 N–H and O–H groups in total. The number of benzene rings is 1. The Morgan fingerprint density at radius 3 is 2.27 bits per heavy atom. The van der Waals surface area contributed by atoms with Crippen LogP contribution < -0.4 is 5.73 Å². The average Bonchev–Trinajstić information content (AvgIpc) is 1.97. The molecule has 0 spiro atoms. The van der Waals surface area contributed by atoms with E-state index < -0.39 is 0 Å². The van der Waals surface area contributed by atoms with E-state index >= 15 is 0 Å². The fourth-order valence-corrected chi connectivity index (χ4v) is 1.58. The molecule has 0 saturated carbocycles. The largest absolute Gasteiger partial charge is 0.398 e. The van der Waals surface area contributed by atoms with Gasteiger partial charge in [0.1, 0.15) is 0 Å². The smallest absolute Gasteiger partial charge is 0.0366 e. The van der Waals surface area contributed by atoms with E-state index in [0.29, 0.717) is 5.69 Å². The van der Waals surface area contributed by atoms with Crippen LogP contribution in [0, 0.1) is 6.92 Å².